The Hall–Kier alpha value is -1.39. The number of ether oxygens (including phenoxy) is 1. The van der Waals surface area contributed by atoms with Crippen molar-refractivity contribution in [2.24, 2.45) is 0 Å². The van der Waals surface area contributed by atoms with Crippen LogP contribution in [0.1, 0.15) is 41.3 Å². The van der Waals surface area contributed by atoms with E-state index in [-0.39, 0.29) is 11.9 Å². The molecule has 2 aliphatic rings. The zero-order chi connectivity index (χ0) is 13.9. The molecule has 4 heteroatoms. The molecule has 0 aromatic heterocycles. The van der Waals surface area contributed by atoms with Gasteiger partial charge in [0.25, 0.3) is 5.91 Å². The molecular weight excluding hydrogens is 252 g/mol. The summed E-state index contributed by atoms with van der Waals surface area (Å²) in [6.45, 7) is 4.65. The Labute approximate surface area is 119 Å². The van der Waals surface area contributed by atoms with Crippen molar-refractivity contribution in [3.63, 3.8) is 0 Å². The number of carbonyl (C=O) groups excluding carboxylic acids is 1. The molecule has 1 aliphatic carbocycles. The molecule has 0 atom stereocenters. The van der Waals surface area contributed by atoms with Gasteiger partial charge in [-0.15, -0.1) is 0 Å². The largest absolute Gasteiger partial charge is 0.378 e. The highest BCUT2D eigenvalue weighted by Crippen LogP contribution is 2.24. The Morgan fingerprint density at radius 1 is 1.40 bits per heavy atom. The number of carbonyl (C=O) groups is 1. The highest BCUT2D eigenvalue weighted by Gasteiger charge is 2.30. The molecule has 108 valence electrons. The van der Waals surface area contributed by atoms with Crippen LogP contribution in [-0.2, 0) is 17.7 Å². The number of rotatable bonds is 4. The average Bonchev–Trinajstić information content (AvgIpc) is 2.44. The summed E-state index contributed by atoms with van der Waals surface area (Å²) in [7, 11) is 0. The van der Waals surface area contributed by atoms with Crippen LogP contribution in [0.25, 0.3) is 0 Å². The van der Waals surface area contributed by atoms with Gasteiger partial charge in [-0.2, -0.15) is 0 Å². The highest BCUT2D eigenvalue weighted by molar-refractivity contribution is 5.94. The zero-order valence-electron chi connectivity index (χ0n) is 11.9. The first-order chi connectivity index (χ1) is 9.76. The summed E-state index contributed by atoms with van der Waals surface area (Å²) in [5.41, 5.74) is 3.39. The monoisotopic (exact) mass is 274 g/mol. The van der Waals surface area contributed by atoms with Crippen LogP contribution in [0.15, 0.2) is 18.2 Å². The number of benzene rings is 1. The molecule has 1 aliphatic heterocycles. The van der Waals surface area contributed by atoms with Crippen LogP contribution in [0.3, 0.4) is 0 Å². The first kappa shape index (κ1) is 13.6. The lowest BCUT2D eigenvalue weighted by Crippen LogP contribution is -2.47. The molecule has 0 spiro atoms. The van der Waals surface area contributed by atoms with Crippen LogP contribution < -0.4 is 10.6 Å². The molecule has 4 nitrogen and oxygen atoms in total. The van der Waals surface area contributed by atoms with Crippen LogP contribution in [-0.4, -0.2) is 31.2 Å². The van der Waals surface area contributed by atoms with E-state index in [0.717, 1.165) is 44.5 Å². The van der Waals surface area contributed by atoms with E-state index in [2.05, 4.69) is 16.7 Å². The third-order valence-electron chi connectivity index (χ3n) is 4.19. The van der Waals surface area contributed by atoms with Gasteiger partial charge in [-0.3, -0.25) is 4.79 Å². The Kier molecular flexibility index (Phi) is 4.03. The Balaban J connectivity index is 1.58. The topological polar surface area (TPSA) is 50.4 Å². The number of hydrogen-bond donors (Lipinski definition) is 2. The predicted octanol–water partition coefficient (Wildman–Crippen LogP) is 1.63. The molecular formula is C16H22N2O2. The van der Waals surface area contributed by atoms with Crippen LogP contribution in [0.5, 0.6) is 0 Å². The van der Waals surface area contributed by atoms with Gasteiger partial charge in [-0.25, -0.2) is 0 Å². The van der Waals surface area contributed by atoms with Gasteiger partial charge in [0.1, 0.15) is 0 Å². The molecule has 0 saturated heterocycles. The van der Waals surface area contributed by atoms with E-state index < -0.39 is 0 Å². The van der Waals surface area contributed by atoms with Gasteiger partial charge >= 0.3 is 0 Å². The lowest BCUT2D eigenvalue weighted by atomic mass is 9.89. The van der Waals surface area contributed by atoms with Gasteiger partial charge in [-0.1, -0.05) is 6.07 Å². The fraction of sp³-hybridized carbons (Fsp3) is 0.562. The van der Waals surface area contributed by atoms with Crippen molar-refractivity contribution in [1.29, 1.82) is 0 Å². The molecule has 3 rings (SSSR count). The SMILES string of the molecule is CCOC1CC(NC(=O)c2ccc3c(c2)CNCC3)C1. The van der Waals surface area contributed by atoms with Crippen LogP contribution in [0.4, 0.5) is 0 Å². The minimum absolute atomic E-state index is 0.0401. The summed E-state index contributed by atoms with van der Waals surface area (Å²) < 4.78 is 5.51. The van der Waals surface area contributed by atoms with Gasteiger partial charge in [0.15, 0.2) is 0 Å². The summed E-state index contributed by atoms with van der Waals surface area (Å²) in [5.74, 6) is 0.0401. The molecule has 0 unspecified atom stereocenters. The Morgan fingerprint density at radius 3 is 3.05 bits per heavy atom. The quantitative estimate of drug-likeness (QED) is 0.877. The predicted molar refractivity (Wildman–Crippen MR) is 77.8 cm³/mol. The Bertz CT molecular complexity index is 495. The summed E-state index contributed by atoms with van der Waals surface area (Å²) in [6, 6.07) is 6.33. The third kappa shape index (κ3) is 2.86. The molecule has 20 heavy (non-hydrogen) atoms. The van der Waals surface area contributed by atoms with Gasteiger partial charge in [0, 0.05) is 24.8 Å². The van der Waals surface area contributed by atoms with Crippen molar-refractivity contribution < 1.29 is 9.53 Å². The maximum Gasteiger partial charge on any atom is 0.251 e. The number of hydrogen-bond acceptors (Lipinski definition) is 3. The minimum atomic E-state index is 0.0401. The smallest absolute Gasteiger partial charge is 0.251 e. The second kappa shape index (κ2) is 5.94. The summed E-state index contributed by atoms with van der Waals surface area (Å²) in [6.07, 6.45) is 3.26. The standard InChI is InChI=1S/C16H22N2O2/c1-2-20-15-8-14(9-15)18-16(19)12-4-3-11-5-6-17-10-13(11)7-12/h3-4,7,14-15,17H,2,5-6,8-10H2,1H3,(H,18,19). The van der Waals surface area contributed by atoms with Crippen LogP contribution in [0, 0.1) is 0 Å². The van der Waals surface area contributed by atoms with Crippen molar-refractivity contribution in [2.75, 3.05) is 13.2 Å². The first-order valence-electron chi connectivity index (χ1n) is 7.51. The second-order valence-electron chi connectivity index (χ2n) is 5.63. The maximum atomic E-state index is 12.2. The lowest BCUT2D eigenvalue weighted by Gasteiger charge is -2.35. The molecule has 2 N–H and O–H groups in total. The van der Waals surface area contributed by atoms with E-state index in [0.29, 0.717) is 6.10 Å². The van der Waals surface area contributed by atoms with Crippen molar-refractivity contribution in [3.8, 4) is 0 Å². The fourth-order valence-corrected chi connectivity index (χ4v) is 2.95. The number of nitrogens with one attached hydrogen (secondary N) is 2. The van der Waals surface area contributed by atoms with Crippen molar-refractivity contribution in [1.82, 2.24) is 10.6 Å². The van der Waals surface area contributed by atoms with E-state index in [1.54, 1.807) is 0 Å². The second-order valence-corrected chi connectivity index (χ2v) is 5.63. The van der Waals surface area contributed by atoms with Crippen LogP contribution >= 0.6 is 0 Å². The molecule has 1 amide bonds. The van der Waals surface area contributed by atoms with E-state index >= 15 is 0 Å². The third-order valence-corrected chi connectivity index (χ3v) is 4.19. The van der Waals surface area contributed by atoms with E-state index in [1.807, 2.05) is 19.1 Å². The molecule has 1 fully saturated rings. The molecule has 1 aromatic rings. The van der Waals surface area contributed by atoms with E-state index in [4.69, 9.17) is 4.74 Å². The van der Waals surface area contributed by atoms with Gasteiger partial charge in [0.2, 0.25) is 0 Å². The van der Waals surface area contributed by atoms with Gasteiger partial charge in [0.05, 0.1) is 6.10 Å². The average molecular weight is 274 g/mol. The molecule has 1 saturated carbocycles. The molecule has 1 aromatic carbocycles. The van der Waals surface area contributed by atoms with Gasteiger partial charge < -0.3 is 15.4 Å². The fourth-order valence-electron chi connectivity index (χ4n) is 2.95. The van der Waals surface area contributed by atoms with Crippen LogP contribution in [0.2, 0.25) is 0 Å². The zero-order valence-corrected chi connectivity index (χ0v) is 11.9. The van der Waals surface area contributed by atoms with E-state index in [1.165, 1.54) is 11.1 Å². The molecule has 0 radical (unpaired) electrons. The summed E-state index contributed by atoms with van der Waals surface area (Å²) in [4.78, 5) is 12.2. The van der Waals surface area contributed by atoms with Crippen molar-refractivity contribution >= 4 is 5.91 Å². The summed E-state index contributed by atoms with van der Waals surface area (Å²) in [5, 5.41) is 6.43. The minimum Gasteiger partial charge on any atom is -0.378 e. The van der Waals surface area contributed by atoms with Crippen molar-refractivity contribution in [2.45, 2.75) is 44.9 Å². The van der Waals surface area contributed by atoms with Crippen molar-refractivity contribution in [3.05, 3.63) is 34.9 Å². The first-order valence-corrected chi connectivity index (χ1v) is 7.51. The molecule has 0 bridgehead atoms. The van der Waals surface area contributed by atoms with E-state index in [9.17, 15) is 4.79 Å². The highest BCUT2D eigenvalue weighted by atomic mass is 16.5. The number of fused-ring (bicyclic) bond motifs is 1. The van der Waals surface area contributed by atoms with Gasteiger partial charge in [-0.05, 0) is 56.0 Å². The summed E-state index contributed by atoms with van der Waals surface area (Å²) >= 11 is 0. The maximum absolute atomic E-state index is 12.2. The number of amides is 1. The normalized spacial score (nSPS) is 24.6. The Morgan fingerprint density at radius 2 is 2.25 bits per heavy atom. The molecule has 1 heterocycles. The lowest BCUT2D eigenvalue weighted by molar-refractivity contribution is -0.00862.